The van der Waals surface area contributed by atoms with E-state index in [0.717, 1.165) is 40.5 Å². The number of ether oxygens (including phenoxy) is 1. The average molecular weight is 395 g/mol. The van der Waals surface area contributed by atoms with Gasteiger partial charge in [0.1, 0.15) is 11.3 Å². The maximum absolute atomic E-state index is 11.5. The van der Waals surface area contributed by atoms with E-state index >= 15 is 0 Å². The van der Waals surface area contributed by atoms with E-state index in [1.54, 1.807) is 6.07 Å². The monoisotopic (exact) mass is 395 g/mol. The van der Waals surface area contributed by atoms with Gasteiger partial charge in [0, 0.05) is 5.69 Å². The van der Waals surface area contributed by atoms with Crippen LogP contribution in [0.3, 0.4) is 0 Å². The summed E-state index contributed by atoms with van der Waals surface area (Å²) in [5.74, 6) is -0.187. The van der Waals surface area contributed by atoms with Gasteiger partial charge in [0.15, 0.2) is 0 Å². The molecule has 0 bridgehead atoms. The summed E-state index contributed by atoms with van der Waals surface area (Å²) in [6, 6.07) is 9.21. The fraction of sp³-hybridized carbons (Fsp3) is 0.250. The normalized spacial score (nSPS) is 13.6. The van der Waals surface area contributed by atoms with Crippen LogP contribution in [0.5, 0.6) is 11.6 Å². The van der Waals surface area contributed by atoms with Crippen molar-refractivity contribution < 1.29 is 14.6 Å². The Balaban J connectivity index is 2.04. The van der Waals surface area contributed by atoms with Crippen molar-refractivity contribution >= 4 is 28.6 Å². The summed E-state index contributed by atoms with van der Waals surface area (Å²) in [5, 5.41) is 9.39. The van der Waals surface area contributed by atoms with Crippen LogP contribution >= 0.6 is 22.6 Å². The van der Waals surface area contributed by atoms with E-state index in [2.05, 4.69) is 27.6 Å². The molecule has 21 heavy (non-hydrogen) atoms. The second-order valence-corrected chi connectivity index (χ2v) is 6.15. The molecule has 0 saturated carbocycles. The number of halogens is 1. The first-order valence-corrected chi connectivity index (χ1v) is 7.91. The molecule has 0 saturated heterocycles. The highest BCUT2D eigenvalue weighted by Crippen LogP contribution is 2.31. The zero-order chi connectivity index (χ0) is 14.8. The predicted molar refractivity (Wildman–Crippen MR) is 87.1 cm³/mol. The molecule has 1 aromatic heterocycles. The van der Waals surface area contributed by atoms with Crippen LogP contribution < -0.4 is 4.74 Å². The van der Waals surface area contributed by atoms with E-state index < -0.39 is 5.97 Å². The Labute approximate surface area is 136 Å². The standard InChI is InChI=1S/C16H14INO3/c17-12-6-2-4-8-14(12)21-15-11(16(19)20)9-10-5-1-3-7-13(10)18-15/h2,4,6,8-9H,1,3,5,7H2,(H,19,20). The smallest absolute Gasteiger partial charge is 0.341 e. The van der Waals surface area contributed by atoms with E-state index in [1.165, 1.54) is 0 Å². The molecule has 0 radical (unpaired) electrons. The third kappa shape index (κ3) is 3.02. The molecule has 5 heteroatoms. The molecule has 1 N–H and O–H groups in total. The highest BCUT2D eigenvalue weighted by Gasteiger charge is 2.20. The van der Waals surface area contributed by atoms with Crippen LogP contribution in [0.4, 0.5) is 0 Å². The molecule has 0 amide bonds. The fourth-order valence-corrected chi connectivity index (χ4v) is 2.97. The lowest BCUT2D eigenvalue weighted by atomic mass is 9.95. The molecular weight excluding hydrogens is 381 g/mol. The number of carboxylic acids is 1. The number of aromatic nitrogens is 1. The Morgan fingerprint density at radius 2 is 2.00 bits per heavy atom. The second kappa shape index (κ2) is 6.01. The Kier molecular flexibility index (Phi) is 4.10. The fourth-order valence-electron chi connectivity index (χ4n) is 2.48. The van der Waals surface area contributed by atoms with Gasteiger partial charge in [0.2, 0.25) is 5.88 Å². The molecule has 108 valence electrons. The number of hydrogen-bond acceptors (Lipinski definition) is 3. The van der Waals surface area contributed by atoms with Crippen molar-refractivity contribution in [1.29, 1.82) is 0 Å². The molecule has 0 atom stereocenters. The minimum Gasteiger partial charge on any atom is -0.477 e. The second-order valence-electron chi connectivity index (χ2n) is 4.99. The molecule has 1 aliphatic carbocycles. The molecule has 3 rings (SSSR count). The Hall–Kier alpha value is -1.63. The number of hydrogen-bond donors (Lipinski definition) is 1. The van der Waals surface area contributed by atoms with Gasteiger partial charge in [-0.3, -0.25) is 0 Å². The number of aryl methyl sites for hydroxylation is 2. The average Bonchev–Trinajstić information content (AvgIpc) is 2.48. The van der Waals surface area contributed by atoms with Crippen LogP contribution in [0.1, 0.15) is 34.5 Å². The van der Waals surface area contributed by atoms with Crippen LogP contribution in [0, 0.1) is 3.57 Å². The number of aromatic carboxylic acids is 1. The largest absolute Gasteiger partial charge is 0.477 e. The summed E-state index contributed by atoms with van der Waals surface area (Å²) in [4.78, 5) is 15.9. The summed E-state index contributed by atoms with van der Waals surface area (Å²) < 4.78 is 6.69. The maximum atomic E-state index is 11.5. The zero-order valence-corrected chi connectivity index (χ0v) is 13.5. The van der Waals surface area contributed by atoms with E-state index in [1.807, 2.05) is 24.3 Å². The number of benzene rings is 1. The number of pyridine rings is 1. The molecule has 0 spiro atoms. The molecule has 1 aromatic carbocycles. The molecule has 1 aliphatic rings. The summed E-state index contributed by atoms with van der Waals surface area (Å²) in [6.07, 6.45) is 3.96. The van der Waals surface area contributed by atoms with Gasteiger partial charge in [-0.05, 0) is 72.0 Å². The highest BCUT2D eigenvalue weighted by molar-refractivity contribution is 14.1. The highest BCUT2D eigenvalue weighted by atomic mass is 127. The van der Waals surface area contributed by atoms with E-state index in [9.17, 15) is 9.90 Å². The van der Waals surface area contributed by atoms with Crippen LogP contribution in [0.2, 0.25) is 0 Å². The molecule has 0 aliphatic heterocycles. The van der Waals surface area contributed by atoms with Crippen molar-refractivity contribution in [3.8, 4) is 11.6 Å². The maximum Gasteiger partial charge on any atom is 0.341 e. The van der Waals surface area contributed by atoms with Gasteiger partial charge in [-0.25, -0.2) is 9.78 Å². The quantitative estimate of drug-likeness (QED) is 0.797. The summed E-state index contributed by atoms with van der Waals surface area (Å²) in [7, 11) is 0. The zero-order valence-electron chi connectivity index (χ0n) is 11.3. The van der Waals surface area contributed by atoms with E-state index in [-0.39, 0.29) is 11.4 Å². The number of fused-ring (bicyclic) bond motifs is 1. The van der Waals surface area contributed by atoms with Crippen LogP contribution in [0.25, 0.3) is 0 Å². The van der Waals surface area contributed by atoms with Crippen molar-refractivity contribution in [2.45, 2.75) is 25.7 Å². The first kappa shape index (κ1) is 14.3. The topological polar surface area (TPSA) is 59.4 Å². The van der Waals surface area contributed by atoms with Crippen molar-refractivity contribution in [2.75, 3.05) is 0 Å². The summed E-state index contributed by atoms with van der Waals surface area (Å²) >= 11 is 2.16. The van der Waals surface area contributed by atoms with Gasteiger partial charge in [-0.2, -0.15) is 0 Å². The molecule has 0 fully saturated rings. The van der Waals surface area contributed by atoms with Crippen molar-refractivity contribution in [3.63, 3.8) is 0 Å². The van der Waals surface area contributed by atoms with Gasteiger partial charge in [-0.1, -0.05) is 12.1 Å². The Morgan fingerprint density at radius 3 is 2.76 bits per heavy atom. The third-order valence-electron chi connectivity index (χ3n) is 3.54. The number of nitrogens with zero attached hydrogens (tertiary/aromatic N) is 1. The van der Waals surface area contributed by atoms with Crippen LogP contribution in [-0.4, -0.2) is 16.1 Å². The van der Waals surface area contributed by atoms with Gasteiger partial charge in [-0.15, -0.1) is 0 Å². The summed E-state index contributed by atoms with van der Waals surface area (Å²) in [5.41, 5.74) is 2.14. The van der Waals surface area contributed by atoms with Gasteiger partial charge in [0.05, 0.1) is 3.57 Å². The summed E-state index contributed by atoms with van der Waals surface area (Å²) in [6.45, 7) is 0. The molecule has 4 nitrogen and oxygen atoms in total. The lowest BCUT2D eigenvalue weighted by Crippen LogP contribution is -2.11. The number of carbonyl (C=O) groups is 1. The van der Waals surface area contributed by atoms with Crippen LogP contribution in [0.15, 0.2) is 30.3 Å². The molecule has 0 unspecified atom stereocenters. The van der Waals surface area contributed by atoms with Crippen LogP contribution in [-0.2, 0) is 12.8 Å². The molecule has 2 aromatic rings. The van der Waals surface area contributed by atoms with E-state index in [4.69, 9.17) is 4.74 Å². The molecule has 1 heterocycles. The lowest BCUT2D eigenvalue weighted by Gasteiger charge is -2.17. The van der Waals surface area contributed by atoms with Crippen molar-refractivity contribution in [2.24, 2.45) is 0 Å². The van der Waals surface area contributed by atoms with Gasteiger partial charge < -0.3 is 9.84 Å². The first-order valence-electron chi connectivity index (χ1n) is 6.83. The third-order valence-corrected chi connectivity index (χ3v) is 4.43. The lowest BCUT2D eigenvalue weighted by molar-refractivity contribution is 0.0693. The minimum atomic E-state index is -1.00. The Bertz CT molecular complexity index is 700. The molecular formula is C16H14INO3. The number of rotatable bonds is 3. The van der Waals surface area contributed by atoms with Gasteiger partial charge >= 0.3 is 5.97 Å². The van der Waals surface area contributed by atoms with E-state index in [0.29, 0.717) is 5.75 Å². The minimum absolute atomic E-state index is 0.135. The first-order chi connectivity index (χ1) is 10.1. The number of para-hydroxylation sites is 1. The van der Waals surface area contributed by atoms with Gasteiger partial charge in [0.25, 0.3) is 0 Å². The van der Waals surface area contributed by atoms with Crippen molar-refractivity contribution in [1.82, 2.24) is 4.98 Å². The Morgan fingerprint density at radius 1 is 1.24 bits per heavy atom. The number of carboxylic acid groups (broad SMARTS) is 1. The van der Waals surface area contributed by atoms with Crippen molar-refractivity contribution in [3.05, 3.63) is 50.7 Å². The predicted octanol–water partition coefficient (Wildman–Crippen LogP) is 4.06. The SMILES string of the molecule is O=C(O)c1cc2c(nc1Oc1ccccc1I)CCCC2.